The second-order valence-corrected chi connectivity index (χ2v) is 10.8. The topological polar surface area (TPSA) is 145 Å². The van der Waals surface area contributed by atoms with Crippen LogP contribution in [0.5, 0.6) is 0 Å². The molecule has 0 bridgehead atoms. The summed E-state index contributed by atoms with van der Waals surface area (Å²) in [5.41, 5.74) is 5.09. The maximum atomic E-state index is 10.2. The average molecular weight is 500 g/mol. The number of hydrogen-bond donors (Lipinski definition) is 4. The van der Waals surface area contributed by atoms with Crippen LogP contribution in [0.3, 0.4) is 0 Å². The van der Waals surface area contributed by atoms with E-state index in [4.69, 9.17) is 29.7 Å². The normalized spacial score (nSPS) is 34.0. The van der Waals surface area contributed by atoms with Crippen molar-refractivity contribution in [2.24, 2.45) is 28.6 Å². The molecule has 5 rings (SSSR count). The lowest BCUT2D eigenvalue weighted by Crippen LogP contribution is -2.49. The first-order valence-corrected chi connectivity index (χ1v) is 12.5. The van der Waals surface area contributed by atoms with Gasteiger partial charge in [0.2, 0.25) is 0 Å². The molecule has 2 fully saturated rings. The van der Waals surface area contributed by atoms with Crippen LogP contribution in [-0.4, -0.2) is 49.4 Å². The number of carbonyl (C=O) groups is 3. The molecular formula is C28H37NO7. The molecule has 0 radical (unpaired) electrons. The van der Waals surface area contributed by atoms with Gasteiger partial charge < -0.3 is 20.4 Å². The summed E-state index contributed by atoms with van der Waals surface area (Å²) in [5, 5.41) is 32.4. The number of hydrogen-bond acceptors (Lipinski definition) is 5. The Balaban J connectivity index is 0.000000310. The van der Waals surface area contributed by atoms with E-state index >= 15 is 0 Å². The summed E-state index contributed by atoms with van der Waals surface area (Å²) in [5.74, 6) is -2.12. The van der Waals surface area contributed by atoms with Crippen molar-refractivity contribution in [3.63, 3.8) is 0 Å². The van der Waals surface area contributed by atoms with Gasteiger partial charge in [-0.1, -0.05) is 37.6 Å². The summed E-state index contributed by atoms with van der Waals surface area (Å²) in [6, 6.07) is 4.31. The summed E-state index contributed by atoms with van der Waals surface area (Å²) in [6.45, 7) is 6.11. The number of pyridine rings is 1. The predicted octanol–water partition coefficient (Wildman–Crippen LogP) is 4.65. The van der Waals surface area contributed by atoms with Gasteiger partial charge in [-0.05, 0) is 90.7 Å². The number of carboxylic acids is 3. The van der Waals surface area contributed by atoms with Crippen LogP contribution in [-0.2, 0) is 14.4 Å². The summed E-state index contributed by atoms with van der Waals surface area (Å²) in [6.07, 6.45) is 17.0. The van der Waals surface area contributed by atoms with Crippen molar-refractivity contribution < 1.29 is 34.8 Å². The van der Waals surface area contributed by atoms with E-state index in [9.17, 15) is 5.11 Å². The van der Waals surface area contributed by atoms with Crippen LogP contribution in [0.25, 0.3) is 5.57 Å². The highest BCUT2D eigenvalue weighted by atomic mass is 16.4. The van der Waals surface area contributed by atoms with Crippen molar-refractivity contribution >= 4 is 23.5 Å². The molecule has 4 aliphatic rings. The lowest BCUT2D eigenvalue weighted by atomic mass is 9.47. The van der Waals surface area contributed by atoms with Gasteiger partial charge in [-0.25, -0.2) is 9.59 Å². The van der Waals surface area contributed by atoms with Crippen molar-refractivity contribution in [2.45, 2.75) is 71.8 Å². The number of fused-ring (bicyclic) bond motifs is 5. The fourth-order valence-corrected chi connectivity index (χ4v) is 7.18. The van der Waals surface area contributed by atoms with E-state index in [1.807, 2.05) is 12.4 Å². The van der Waals surface area contributed by atoms with Crippen LogP contribution in [0, 0.1) is 28.6 Å². The molecule has 0 amide bonds. The number of rotatable bonds is 1. The zero-order chi connectivity index (χ0) is 26.7. The van der Waals surface area contributed by atoms with Crippen molar-refractivity contribution in [1.82, 2.24) is 4.98 Å². The Morgan fingerprint density at radius 2 is 1.58 bits per heavy atom. The Morgan fingerprint density at radius 3 is 2.17 bits per heavy atom. The first-order chi connectivity index (χ1) is 16.9. The highest BCUT2D eigenvalue weighted by molar-refractivity contribution is 6.27. The molecule has 8 nitrogen and oxygen atoms in total. The predicted molar refractivity (Wildman–Crippen MR) is 134 cm³/mol. The van der Waals surface area contributed by atoms with Gasteiger partial charge in [0.15, 0.2) is 0 Å². The Hall–Kier alpha value is -3.00. The van der Waals surface area contributed by atoms with Gasteiger partial charge in [-0.2, -0.15) is 0 Å². The van der Waals surface area contributed by atoms with Crippen molar-refractivity contribution in [1.29, 1.82) is 0 Å². The SMILES string of the molecule is CC(=O)O.C[C@]12CC[C@H](O)CC1=CC[C@@H]1[C@@H]2CC[C@]2(C)C(c3cccnc3)=CC[C@@H]12.O=C(O)C(=O)O. The first kappa shape index (κ1) is 27.6. The van der Waals surface area contributed by atoms with Crippen LogP contribution >= 0.6 is 0 Å². The number of aliphatic hydroxyl groups is 1. The van der Waals surface area contributed by atoms with Crippen LogP contribution < -0.4 is 0 Å². The molecule has 1 aromatic rings. The Morgan fingerprint density at radius 1 is 0.944 bits per heavy atom. The van der Waals surface area contributed by atoms with Gasteiger partial charge in [0.05, 0.1) is 6.10 Å². The number of allylic oxidation sites excluding steroid dienone is 3. The molecule has 8 heteroatoms. The fourth-order valence-electron chi connectivity index (χ4n) is 7.18. The van der Waals surface area contributed by atoms with Crippen LogP contribution in [0.15, 0.2) is 42.3 Å². The van der Waals surface area contributed by atoms with Crippen LogP contribution in [0.1, 0.15) is 71.3 Å². The first-order valence-electron chi connectivity index (χ1n) is 12.5. The maximum Gasteiger partial charge on any atom is 0.414 e. The molecule has 0 saturated heterocycles. The highest BCUT2D eigenvalue weighted by Gasteiger charge is 2.56. The second-order valence-electron chi connectivity index (χ2n) is 10.8. The summed E-state index contributed by atoms with van der Waals surface area (Å²) in [7, 11) is 0. The smallest absolute Gasteiger partial charge is 0.414 e. The number of aliphatic carboxylic acids is 3. The third-order valence-corrected chi connectivity index (χ3v) is 8.81. The van der Waals surface area contributed by atoms with Crippen LogP contribution in [0.2, 0.25) is 0 Å². The summed E-state index contributed by atoms with van der Waals surface area (Å²) >= 11 is 0. The van der Waals surface area contributed by atoms with Gasteiger partial charge in [0.25, 0.3) is 5.97 Å². The summed E-state index contributed by atoms with van der Waals surface area (Å²) in [4.78, 5) is 31.6. The van der Waals surface area contributed by atoms with Gasteiger partial charge in [0.1, 0.15) is 0 Å². The number of nitrogens with zero attached hydrogens (tertiary/aromatic N) is 1. The molecular weight excluding hydrogens is 462 g/mol. The Labute approximate surface area is 211 Å². The zero-order valence-electron chi connectivity index (χ0n) is 21.2. The molecule has 0 spiro atoms. The Kier molecular flexibility index (Phi) is 8.39. The minimum absolute atomic E-state index is 0.106. The van der Waals surface area contributed by atoms with E-state index in [0.29, 0.717) is 10.8 Å². The highest BCUT2D eigenvalue weighted by Crippen LogP contribution is 2.66. The van der Waals surface area contributed by atoms with Crippen molar-refractivity contribution in [2.75, 3.05) is 0 Å². The molecule has 4 N–H and O–H groups in total. The van der Waals surface area contributed by atoms with Crippen LogP contribution in [0.4, 0.5) is 0 Å². The summed E-state index contributed by atoms with van der Waals surface area (Å²) < 4.78 is 0. The lowest BCUT2D eigenvalue weighted by molar-refractivity contribution is -0.159. The quantitative estimate of drug-likeness (QED) is 0.323. The standard InChI is InChI=1S/C24H31NO.C2H2O4.C2H4O2/c1-23-11-9-18(26)14-17(23)5-6-19-21-8-7-20(16-4-3-13-25-15-16)24(21,2)12-10-22(19)23;3-1(4)2(5)6;1-2(3)4/h3-5,7,13,15,18-19,21-22,26H,6,8-12,14H2,1-2H3;(H,3,4)(H,5,6);1H3,(H,3,4)/t18-,19-,21-,22-,23-,24+;;/m0../s1. The second kappa shape index (κ2) is 10.9. The van der Waals surface area contributed by atoms with E-state index in [-0.39, 0.29) is 6.10 Å². The molecule has 2 saturated carbocycles. The van der Waals surface area contributed by atoms with E-state index in [0.717, 1.165) is 37.5 Å². The van der Waals surface area contributed by atoms with Gasteiger partial charge in [0, 0.05) is 19.3 Å². The molecule has 0 aromatic carbocycles. The molecule has 36 heavy (non-hydrogen) atoms. The molecule has 0 unspecified atom stereocenters. The van der Waals surface area contributed by atoms with E-state index in [1.54, 1.807) is 11.1 Å². The third kappa shape index (κ3) is 5.53. The monoisotopic (exact) mass is 499 g/mol. The minimum Gasteiger partial charge on any atom is -0.481 e. The molecule has 0 aliphatic heterocycles. The molecule has 1 aromatic heterocycles. The lowest BCUT2D eigenvalue weighted by Gasteiger charge is -2.57. The number of aromatic nitrogens is 1. The molecule has 6 atom stereocenters. The van der Waals surface area contributed by atoms with Crippen molar-refractivity contribution in [3.05, 3.63) is 47.8 Å². The van der Waals surface area contributed by atoms with E-state index in [2.05, 4.69) is 43.1 Å². The van der Waals surface area contributed by atoms with Gasteiger partial charge >= 0.3 is 11.9 Å². The number of aliphatic hydroxyl groups excluding tert-OH is 1. The maximum absolute atomic E-state index is 10.2. The fraction of sp³-hybridized carbons (Fsp3) is 0.571. The van der Waals surface area contributed by atoms with Gasteiger partial charge in [-0.3, -0.25) is 9.78 Å². The zero-order valence-corrected chi connectivity index (χ0v) is 21.2. The van der Waals surface area contributed by atoms with E-state index < -0.39 is 17.9 Å². The number of carboxylic acid groups (broad SMARTS) is 3. The van der Waals surface area contributed by atoms with Gasteiger partial charge in [-0.15, -0.1) is 0 Å². The Bertz CT molecular complexity index is 1030. The third-order valence-electron chi connectivity index (χ3n) is 8.81. The molecule has 196 valence electrons. The minimum atomic E-state index is -1.82. The molecule has 1 heterocycles. The van der Waals surface area contributed by atoms with E-state index in [1.165, 1.54) is 37.7 Å². The average Bonchev–Trinajstić information content (AvgIpc) is 3.17. The largest absolute Gasteiger partial charge is 0.481 e. The van der Waals surface area contributed by atoms with Crippen molar-refractivity contribution in [3.8, 4) is 0 Å². The molecule has 4 aliphatic carbocycles.